The van der Waals surface area contributed by atoms with Crippen molar-refractivity contribution >= 4 is 29.3 Å². The van der Waals surface area contributed by atoms with Gasteiger partial charge in [0.1, 0.15) is 6.04 Å². The average Bonchev–Trinajstić information content (AvgIpc) is 2.65. The predicted octanol–water partition coefficient (Wildman–Crippen LogP) is 3.03. The van der Waals surface area contributed by atoms with Crippen LogP contribution < -0.4 is 10.1 Å². The molecular weight excluding hydrogens is 377 g/mol. The molecule has 0 radical (unpaired) electrons. The van der Waals surface area contributed by atoms with Gasteiger partial charge in [-0.1, -0.05) is 23.7 Å². The number of ketones is 1. The molecule has 0 aliphatic carbocycles. The van der Waals surface area contributed by atoms with Crippen molar-refractivity contribution in [3.05, 3.63) is 64.4 Å². The number of carbonyl (C=O) groups excluding carboxylic acids is 3. The summed E-state index contributed by atoms with van der Waals surface area (Å²) in [5, 5.41) is 2.68. The van der Waals surface area contributed by atoms with Crippen molar-refractivity contribution in [2.75, 3.05) is 13.7 Å². The van der Waals surface area contributed by atoms with Crippen LogP contribution >= 0.6 is 11.6 Å². The standard InChI is InChI=1S/C19H17ClFNO5/c1-11(22-18(24)13-5-3-4-6-14(13)20)19(25)27-10-16(23)12-7-8-17(26-2)15(21)9-12/h3-9,11H,10H2,1-2H3,(H,22,24)/t11-/m0/s1. The van der Waals surface area contributed by atoms with E-state index in [1.165, 1.54) is 32.2 Å². The summed E-state index contributed by atoms with van der Waals surface area (Å²) in [5.74, 6) is -2.64. The van der Waals surface area contributed by atoms with E-state index in [2.05, 4.69) is 5.32 Å². The van der Waals surface area contributed by atoms with Gasteiger partial charge in [-0.2, -0.15) is 0 Å². The highest BCUT2D eigenvalue weighted by molar-refractivity contribution is 6.33. The Hall–Kier alpha value is -2.93. The second kappa shape index (κ2) is 9.14. The van der Waals surface area contributed by atoms with E-state index in [0.29, 0.717) is 0 Å². The Balaban J connectivity index is 1.91. The van der Waals surface area contributed by atoms with Crippen molar-refractivity contribution in [3.63, 3.8) is 0 Å². The Morgan fingerprint density at radius 1 is 1.19 bits per heavy atom. The zero-order valence-corrected chi connectivity index (χ0v) is 15.4. The summed E-state index contributed by atoms with van der Waals surface area (Å²) < 4.78 is 23.3. The average molecular weight is 394 g/mol. The molecule has 2 aromatic carbocycles. The highest BCUT2D eigenvalue weighted by Crippen LogP contribution is 2.18. The Kier molecular flexibility index (Phi) is 6.90. The number of esters is 1. The fourth-order valence-electron chi connectivity index (χ4n) is 2.16. The first kappa shape index (κ1) is 20.4. The van der Waals surface area contributed by atoms with E-state index in [4.69, 9.17) is 21.1 Å². The van der Waals surface area contributed by atoms with Crippen molar-refractivity contribution in [2.45, 2.75) is 13.0 Å². The molecule has 0 saturated carbocycles. The van der Waals surface area contributed by atoms with E-state index >= 15 is 0 Å². The molecule has 1 N–H and O–H groups in total. The number of amides is 1. The smallest absolute Gasteiger partial charge is 0.328 e. The molecule has 0 aliphatic rings. The Morgan fingerprint density at radius 3 is 2.52 bits per heavy atom. The van der Waals surface area contributed by atoms with Crippen LogP contribution in [0.4, 0.5) is 4.39 Å². The van der Waals surface area contributed by atoms with Crippen molar-refractivity contribution in [1.82, 2.24) is 5.32 Å². The molecule has 0 bridgehead atoms. The van der Waals surface area contributed by atoms with Crippen LogP contribution in [0, 0.1) is 5.82 Å². The number of carbonyl (C=O) groups is 3. The Morgan fingerprint density at radius 2 is 1.89 bits per heavy atom. The molecule has 1 atom stereocenters. The van der Waals surface area contributed by atoms with Crippen LogP contribution in [0.15, 0.2) is 42.5 Å². The minimum atomic E-state index is -1.01. The topological polar surface area (TPSA) is 81.7 Å². The summed E-state index contributed by atoms with van der Waals surface area (Å²) in [6.45, 7) is 0.825. The lowest BCUT2D eigenvalue weighted by atomic mass is 10.1. The van der Waals surface area contributed by atoms with Gasteiger partial charge < -0.3 is 14.8 Å². The summed E-state index contributed by atoms with van der Waals surface area (Å²) in [6, 6.07) is 9.02. The maximum atomic E-state index is 13.6. The molecule has 0 aliphatic heterocycles. The molecule has 142 valence electrons. The number of methoxy groups -OCH3 is 1. The molecule has 8 heteroatoms. The van der Waals surface area contributed by atoms with Crippen LogP contribution in [-0.2, 0) is 9.53 Å². The Labute approximate surface area is 160 Å². The number of hydrogen-bond donors (Lipinski definition) is 1. The van der Waals surface area contributed by atoms with Gasteiger partial charge in [0.15, 0.2) is 24.0 Å². The number of benzene rings is 2. The van der Waals surface area contributed by atoms with Crippen molar-refractivity contribution in [2.24, 2.45) is 0 Å². The van der Waals surface area contributed by atoms with Gasteiger partial charge >= 0.3 is 5.97 Å². The third-order valence-corrected chi connectivity index (χ3v) is 3.97. The first-order valence-electron chi connectivity index (χ1n) is 7.92. The number of hydrogen-bond acceptors (Lipinski definition) is 5. The van der Waals surface area contributed by atoms with Crippen LogP contribution in [0.5, 0.6) is 5.75 Å². The molecule has 0 spiro atoms. The maximum absolute atomic E-state index is 13.6. The van der Waals surface area contributed by atoms with E-state index in [9.17, 15) is 18.8 Å². The quantitative estimate of drug-likeness (QED) is 0.577. The van der Waals surface area contributed by atoms with E-state index in [1.807, 2.05) is 0 Å². The highest BCUT2D eigenvalue weighted by Gasteiger charge is 2.21. The molecule has 0 saturated heterocycles. The number of Topliss-reactive ketones (excluding diaryl/α,β-unsaturated/α-hetero) is 1. The van der Waals surface area contributed by atoms with Crippen LogP contribution in [0.1, 0.15) is 27.6 Å². The Bertz CT molecular complexity index is 871. The van der Waals surface area contributed by atoms with Gasteiger partial charge in [0.2, 0.25) is 0 Å². The second-order valence-electron chi connectivity index (χ2n) is 5.56. The van der Waals surface area contributed by atoms with Gasteiger partial charge in [0.05, 0.1) is 17.7 Å². The maximum Gasteiger partial charge on any atom is 0.328 e. The number of halogens is 2. The van der Waals surface area contributed by atoms with Gasteiger partial charge in [-0.25, -0.2) is 9.18 Å². The molecule has 0 aromatic heterocycles. The molecule has 0 heterocycles. The zero-order chi connectivity index (χ0) is 20.0. The summed E-state index contributed by atoms with van der Waals surface area (Å²) in [7, 11) is 1.31. The highest BCUT2D eigenvalue weighted by atomic mass is 35.5. The fraction of sp³-hybridized carbons (Fsp3) is 0.211. The van der Waals surface area contributed by atoms with Crippen LogP contribution in [0.3, 0.4) is 0 Å². The van der Waals surface area contributed by atoms with Gasteiger partial charge in [0, 0.05) is 5.56 Å². The summed E-state index contributed by atoms with van der Waals surface area (Å²) in [5.41, 5.74) is 0.248. The summed E-state index contributed by atoms with van der Waals surface area (Å²) in [4.78, 5) is 36.1. The van der Waals surface area contributed by atoms with Crippen molar-refractivity contribution in [1.29, 1.82) is 0 Å². The molecule has 0 fully saturated rings. The lowest BCUT2D eigenvalue weighted by Crippen LogP contribution is -2.40. The SMILES string of the molecule is COc1ccc(C(=O)COC(=O)[C@H](C)NC(=O)c2ccccc2Cl)cc1F. The lowest BCUT2D eigenvalue weighted by molar-refractivity contribution is -0.144. The summed E-state index contributed by atoms with van der Waals surface area (Å²) >= 11 is 5.93. The van der Waals surface area contributed by atoms with E-state index in [-0.39, 0.29) is 21.9 Å². The monoisotopic (exact) mass is 393 g/mol. The molecular formula is C19H17ClFNO5. The van der Waals surface area contributed by atoms with Gasteiger partial charge in [-0.05, 0) is 37.3 Å². The molecule has 0 unspecified atom stereocenters. The van der Waals surface area contributed by atoms with Crippen LogP contribution in [-0.4, -0.2) is 37.4 Å². The predicted molar refractivity (Wildman–Crippen MR) is 96.6 cm³/mol. The van der Waals surface area contributed by atoms with Gasteiger partial charge in [-0.15, -0.1) is 0 Å². The van der Waals surface area contributed by atoms with Crippen molar-refractivity contribution in [3.8, 4) is 5.75 Å². The third-order valence-electron chi connectivity index (χ3n) is 3.64. The number of ether oxygens (including phenoxy) is 2. The zero-order valence-electron chi connectivity index (χ0n) is 14.6. The van der Waals surface area contributed by atoms with Crippen molar-refractivity contribution < 1.29 is 28.2 Å². The number of nitrogens with one attached hydrogen (secondary N) is 1. The van der Waals surface area contributed by atoms with Gasteiger partial charge in [-0.3, -0.25) is 9.59 Å². The number of rotatable bonds is 7. The molecule has 2 rings (SSSR count). The minimum absolute atomic E-state index is 0.000507. The molecule has 2 aromatic rings. The van der Waals surface area contributed by atoms with Crippen LogP contribution in [0.25, 0.3) is 0 Å². The first-order chi connectivity index (χ1) is 12.8. The van der Waals surface area contributed by atoms with E-state index in [1.54, 1.807) is 18.2 Å². The van der Waals surface area contributed by atoms with Crippen LogP contribution in [0.2, 0.25) is 5.02 Å². The largest absolute Gasteiger partial charge is 0.494 e. The first-order valence-corrected chi connectivity index (χ1v) is 8.30. The molecule has 27 heavy (non-hydrogen) atoms. The van der Waals surface area contributed by atoms with Gasteiger partial charge in [0.25, 0.3) is 5.91 Å². The normalized spacial score (nSPS) is 11.4. The summed E-state index contributed by atoms with van der Waals surface area (Å²) in [6.07, 6.45) is 0. The van der Waals surface area contributed by atoms with E-state index < -0.39 is 36.1 Å². The fourth-order valence-corrected chi connectivity index (χ4v) is 2.39. The van der Waals surface area contributed by atoms with E-state index in [0.717, 1.165) is 6.07 Å². The lowest BCUT2D eigenvalue weighted by Gasteiger charge is -2.14. The third kappa shape index (κ3) is 5.27. The molecule has 1 amide bonds. The minimum Gasteiger partial charge on any atom is -0.494 e. The second-order valence-corrected chi connectivity index (χ2v) is 5.96. The molecule has 6 nitrogen and oxygen atoms in total.